The Morgan fingerprint density at radius 2 is 1.50 bits per heavy atom. The SMILES string of the molecule is Cc1nc(Nc2ccccc2F)cc(Nc2ccccc2N2CCOCC2)n1. The molecule has 28 heavy (non-hydrogen) atoms. The molecular weight excluding hydrogens is 357 g/mol. The molecule has 144 valence electrons. The lowest BCUT2D eigenvalue weighted by Crippen LogP contribution is -2.36. The van der Waals surface area contributed by atoms with Crippen molar-refractivity contribution in [3.05, 3.63) is 66.2 Å². The van der Waals surface area contributed by atoms with Crippen LogP contribution < -0.4 is 15.5 Å². The second-order valence-electron chi connectivity index (χ2n) is 6.53. The number of hydrogen-bond donors (Lipinski definition) is 2. The van der Waals surface area contributed by atoms with E-state index in [1.807, 2.05) is 25.1 Å². The van der Waals surface area contributed by atoms with Gasteiger partial charge in [0.1, 0.15) is 23.3 Å². The minimum Gasteiger partial charge on any atom is -0.378 e. The molecule has 1 saturated heterocycles. The maximum Gasteiger partial charge on any atom is 0.146 e. The molecule has 0 bridgehead atoms. The molecule has 1 aliphatic rings. The van der Waals surface area contributed by atoms with E-state index in [1.54, 1.807) is 24.3 Å². The smallest absolute Gasteiger partial charge is 0.146 e. The molecule has 1 aliphatic heterocycles. The van der Waals surface area contributed by atoms with Gasteiger partial charge in [0, 0.05) is 19.2 Å². The largest absolute Gasteiger partial charge is 0.378 e. The van der Waals surface area contributed by atoms with Gasteiger partial charge in [-0.3, -0.25) is 0 Å². The normalized spacial score (nSPS) is 14.0. The fourth-order valence-electron chi connectivity index (χ4n) is 3.19. The van der Waals surface area contributed by atoms with Crippen molar-refractivity contribution in [2.75, 3.05) is 41.8 Å². The summed E-state index contributed by atoms with van der Waals surface area (Å²) in [5.41, 5.74) is 2.44. The lowest BCUT2D eigenvalue weighted by Gasteiger charge is -2.30. The number of ether oxygens (including phenoxy) is 1. The molecular formula is C21H22FN5O. The van der Waals surface area contributed by atoms with Crippen LogP contribution in [-0.4, -0.2) is 36.3 Å². The van der Waals surface area contributed by atoms with Gasteiger partial charge in [-0.2, -0.15) is 0 Å². The predicted molar refractivity (Wildman–Crippen MR) is 109 cm³/mol. The van der Waals surface area contributed by atoms with Crippen LogP contribution in [0, 0.1) is 12.7 Å². The van der Waals surface area contributed by atoms with Crippen molar-refractivity contribution < 1.29 is 9.13 Å². The van der Waals surface area contributed by atoms with Crippen LogP contribution in [0.5, 0.6) is 0 Å². The van der Waals surface area contributed by atoms with Crippen LogP contribution in [0.25, 0.3) is 0 Å². The van der Waals surface area contributed by atoms with Crippen molar-refractivity contribution in [2.45, 2.75) is 6.92 Å². The molecule has 0 aliphatic carbocycles. The van der Waals surface area contributed by atoms with Gasteiger partial charge in [0.2, 0.25) is 0 Å². The first kappa shape index (κ1) is 18.2. The third-order valence-corrected chi connectivity index (χ3v) is 4.49. The van der Waals surface area contributed by atoms with Crippen LogP contribution >= 0.6 is 0 Å². The number of aryl methyl sites for hydroxylation is 1. The van der Waals surface area contributed by atoms with E-state index < -0.39 is 0 Å². The maximum absolute atomic E-state index is 13.9. The number of anilines is 5. The summed E-state index contributed by atoms with van der Waals surface area (Å²) in [5.74, 6) is 1.44. The molecule has 0 unspecified atom stereocenters. The van der Waals surface area contributed by atoms with Crippen molar-refractivity contribution >= 4 is 28.7 Å². The quantitative estimate of drug-likeness (QED) is 0.691. The van der Waals surface area contributed by atoms with E-state index in [1.165, 1.54) is 6.07 Å². The Bertz CT molecular complexity index is 959. The summed E-state index contributed by atoms with van der Waals surface area (Å²) < 4.78 is 19.4. The van der Waals surface area contributed by atoms with Crippen LogP contribution in [0.3, 0.4) is 0 Å². The van der Waals surface area contributed by atoms with Crippen LogP contribution in [0.1, 0.15) is 5.82 Å². The van der Waals surface area contributed by atoms with Crippen LogP contribution in [0.4, 0.5) is 33.1 Å². The standard InChI is InChI=1S/C21H22FN5O/c1-15-23-20(25-17-7-3-2-6-16(17)22)14-21(24-15)26-18-8-4-5-9-19(18)27-10-12-28-13-11-27/h2-9,14H,10-13H2,1H3,(H2,23,24,25,26). The van der Waals surface area contributed by atoms with Crippen LogP contribution in [0.15, 0.2) is 54.6 Å². The van der Waals surface area contributed by atoms with E-state index in [2.05, 4.69) is 31.6 Å². The zero-order valence-electron chi connectivity index (χ0n) is 15.7. The van der Waals surface area contributed by atoms with Gasteiger partial charge >= 0.3 is 0 Å². The predicted octanol–water partition coefficient (Wildman–Crippen LogP) is 4.25. The van der Waals surface area contributed by atoms with E-state index in [0.717, 1.165) is 37.7 Å². The third kappa shape index (κ3) is 4.20. The fraction of sp³-hybridized carbons (Fsp3) is 0.238. The van der Waals surface area contributed by atoms with Gasteiger partial charge in [-0.05, 0) is 31.2 Å². The second-order valence-corrected chi connectivity index (χ2v) is 6.53. The molecule has 0 spiro atoms. The molecule has 7 heteroatoms. The maximum atomic E-state index is 13.9. The van der Waals surface area contributed by atoms with Gasteiger partial charge in [-0.1, -0.05) is 24.3 Å². The van der Waals surface area contributed by atoms with Crippen LogP contribution in [0.2, 0.25) is 0 Å². The monoisotopic (exact) mass is 379 g/mol. The minimum atomic E-state index is -0.328. The summed E-state index contributed by atoms with van der Waals surface area (Å²) in [6.07, 6.45) is 0. The molecule has 4 rings (SSSR count). The lowest BCUT2D eigenvalue weighted by atomic mass is 10.2. The average molecular weight is 379 g/mol. The molecule has 2 heterocycles. The Balaban J connectivity index is 1.59. The number of nitrogens with zero attached hydrogens (tertiary/aromatic N) is 3. The van der Waals surface area contributed by atoms with Gasteiger partial charge in [0.05, 0.1) is 30.3 Å². The number of halogens is 1. The van der Waals surface area contributed by atoms with Gasteiger partial charge < -0.3 is 20.3 Å². The third-order valence-electron chi connectivity index (χ3n) is 4.49. The molecule has 0 saturated carbocycles. The first-order chi connectivity index (χ1) is 13.7. The summed E-state index contributed by atoms with van der Waals surface area (Å²) in [4.78, 5) is 11.1. The Morgan fingerprint density at radius 1 is 0.893 bits per heavy atom. The van der Waals surface area contributed by atoms with E-state index in [-0.39, 0.29) is 5.82 Å². The van der Waals surface area contributed by atoms with Crippen LogP contribution in [-0.2, 0) is 4.74 Å². The Kier molecular flexibility index (Phi) is 5.34. The van der Waals surface area contributed by atoms with Crippen molar-refractivity contribution in [3.8, 4) is 0 Å². The molecule has 2 N–H and O–H groups in total. The van der Waals surface area contributed by atoms with Gasteiger partial charge in [-0.25, -0.2) is 14.4 Å². The Hall–Kier alpha value is -3.19. The zero-order chi connectivity index (χ0) is 19.3. The minimum absolute atomic E-state index is 0.328. The number of benzene rings is 2. The highest BCUT2D eigenvalue weighted by atomic mass is 19.1. The molecule has 0 amide bonds. The summed E-state index contributed by atoms with van der Waals surface area (Å²) in [6, 6.07) is 16.4. The van der Waals surface area contributed by atoms with E-state index in [9.17, 15) is 4.39 Å². The van der Waals surface area contributed by atoms with Gasteiger partial charge in [-0.15, -0.1) is 0 Å². The lowest BCUT2D eigenvalue weighted by molar-refractivity contribution is 0.123. The number of para-hydroxylation sites is 3. The van der Waals surface area contributed by atoms with E-state index in [4.69, 9.17) is 4.74 Å². The molecule has 0 radical (unpaired) electrons. The topological polar surface area (TPSA) is 62.3 Å². The number of hydrogen-bond acceptors (Lipinski definition) is 6. The van der Waals surface area contributed by atoms with Gasteiger partial charge in [0.15, 0.2) is 0 Å². The molecule has 1 aromatic heterocycles. The molecule has 0 atom stereocenters. The molecule has 6 nitrogen and oxygen atoms in total. The molecule has 2 aromatic carbocycles. The van der Waals surface area contributed by atoms with Crippen molar-refractivity contribution in [2.24, 2.45) is 0 Å². The van der Waals surface area contributed by atoms with E-state index in [0.29, 0.717) is 23.1 Å². The number of aromatic nitrogens is 2. The van der Waals surface area contributed by atoms with Crippen molar-refractivity contribution in [1.82, 2.24) is 9.97 Å². The highest BCUT2D eigenvalue weighted by molar-refractivity contribution is 5.75. The Labute approximate surface area is 163 Å². The number of nitrogens with one attached hydrogen (secondary N) is 2. The van der Waals surface area contributed by atoms with Crippen molar-refractivity contribution in [1.29, 1.82) is 0 Å². The Morgan fingerprint density at radius 3 is 2.21 bits per heavy atom. The highest BCUT2D eigenvalue weighted by Gasteiger charge is 2.15. The number of rotatable bonds is 5. The number of morpholine rings is 1. The summed E-state index contributed by atoms with van der Waals surface area (Å²) in [7, 11) is 0. The first-order valence-corrected chi connectivity index (χ1v) is 9.25. The molecule has 3 aromatic rings. The first-order valence-electron chi connectivity index (χ1n) is 9.25. The fourth-order valence-corrected chi connectivity index (χ4v) is 3.19. The zero-order valence-corrected chi connectivity index (χ0v) is 15.7. The van der Waals surface area contributed by atoms with Gasteiger partial charge in [0.25, 0.3) is 0 Å². The summed E-state index contributed by atoms with van der Waals surface area (Å²) in [5, 5.41) is 6.41. The van der Waals surface area contributed by atoms with Crippen molar-refractivity contribution in [3.63, 3.8) is 0 Å². The molecule has 1 fully saturated rings. The second kappa shape index (κ2) is 8.22. The highest BCUT2D eigenvalue weighted by Crippen LogP contribution is 2.29. The average Bonchev–Trinajstić information content (AvgIpc) is 2.70. The summed E-state index contributed by atoms with van der Waals surface area (Å²) in [6.45, 7) is 4.95. The van der Waals surface area contributed by atoms with E-state index >= 15 is 0 Å². The summed E-state index contributed by atoms with van der Waals surface area (Å²) >= 11 is 0.